The largest absolute Gasteiger partial charge is 0.481 e. The SMILES string of the molecule is CC(Cn1ccc2ccc(N3Cc4cccc(Cl)c4C3=O)cc21)C(=O)O. The van der Waals surface area contributed by atoms with Crippen molar-refractivity contribution in [2.24, 2.45) is 5.92 Å². The third kappa shape index (κ3) is 2.65. The maximum atomic E-state index is 12.8. The van der Waals surface area contributed by atoms with Crippen molar-refractivity contribution in [2.75, 3.05) is 4.90 Å². The molecule has 1 aliphatic heterocycles. The van der Waals surface area contributed by atoms with Gasteiger partial charge in [0.2, 0.25) is 0 Å². The molecule has 132 valence electrons. The number of carboxylic acid groups (broad SMARTS) is 1. The lowest BCUT2D eigenvalue weighted by molar-refractivity contribution is -0.141. The number of fused-ring (bicyclic) bond motifs is 2. The molecule has 0 saturated carbocycles. The van der Waals surface area contributed by atoms with E-state index in [1.165, 1.54) is 0 Å². The van der Waals surface area contributed by atoms with Crippen LogP contribution in [0.4, 0.5) is 5.69 Å². The van der Waals surface area contributed by atoms with Gasteiger partial charge in [-0.3, -0.25) is 9.59 Å². The average Bonchev–Trinajstić information content (AvgIpc) is 3.16. The first-order chi connectivity index (χ1) is 12.5. The lowest BCUT2D eigenvalue weighted by Gasteiger charge is -2.17. The fourth-order valence-electron chi connectivity index (χ4n) is 3.40. The first-order valence-electron chi connectivity index (χ1n) is 8.36. The Balaban J connectivity index is 1.71. The van der Waals surface area contributed by atoms with Gasteiger partial charge in [0, 0.05) is 18.4 Å². The molecule has 2 heterocycles. The minimum absolute atomic E-state index is 0.109. The zero-order valence-electron chi connectivity index (χ0n) is 14.1. The number of aliphatic carboxylic acids is 1. The molecular formula is C20H17ClN2O3. The number of hydrogen-bond donors (Lipinski definition) is 1. The van der Waals surface area contributed by atoms with E-state index in [-0.39, 0.29) is 5.91 Å². The summed E-state index contributed by atoms with van der Waals surface area (Å²) in [5.41, 5.74) is 3.16. The van der Waals surface area contributed by atoms with E-state index in [0.29, 0.717) is 23.7 Å². The molecule has 5 nitrogen and oxygen atoms in total. The van der Waals surface area contributed by atoms with E-state index in [1.54, 1.807) is 17.9 Å². The fraction of sp³-hybridized carbons (Fsp3) is 0.200. The molecule has 26 heavy (non-hydrogen) atoms. The van der Waals surface area contributed by atoms with E-state index in [2.05, 4.69) is 0 Å². The second kappa shape index (κ2) is 6.18. The lowest BCUT2D eigenvalue weighted by Crippen LogP contribution is -2.23. The van der Waals surface area contributed by atoms with E-state index < -0.39 is 11.9 Å². The van der Waals surface area contributed by atoms with E-state index in [1.807, 2.05) is 47.2 Å². The van der Waals surface area contributed by atoms with Crippen molar-refractivity contribution in [3.05, 3.63) is 64.8 Å². The molecule has 3 aromatic rings. The van der Waals surface area contributed by atoms with Crippen molar-refractivity contribution in [1.82, 2.24) is 4.57 Å². The highest BCUT2D eigenvalue weighted by atomic mass is 35.5. The normalized spacial score (nSPS) is 14.7. The van der Waals surface area contributed by atoms with Crippen molar-refractivity contribution in [2.45, 2.75) is 20.0 Å². The Bertz CT molecular complexity index is 1040. The highest BCUT2D eigenvalue weighted by molar-refractivity contribution is 6.35. The summed E-state index contributed by atoms with van der Waals surface area (Å²) >= 11 is 6.20. The molecule has 0 radical (unpaired) electrons. The highest BCUT2D eigenvalue weighted by Gasteiger charge is 2.30. The number of carboxylic acids is 1. The van der Waals surface area contributed by atoms with E-state index in [4.69, 9.17) is 16.7 Å². The van der Waals surface area contributed by atoms with Crippen LogP contribution in [0.2, 0.25) is 5.02 Å². The van der Waals surface area contributed by atoms with Gasteiger partial charge in [-0.15, -0.1) is 0 Å². The van der Waals surface area contributed by atoms with Crippen LogP contribution in [0.15, 0.2) is 48.7 Å². The predicted octanol–water partition coefficient (Wildman–Crippen LogP) is 4.18. The first kappa shape index (κ1) is 16.7. The molecule has 1 N–H and O–H groups in total. The summed E-state index contributed by atoms with van der Waals surface area (Å²) in [7, 11) is 0. The van der Waals surface area contributed by atoms with E-state index in [0.717, 1.165) is 22.2 Å². The molecule has 0 spiro atoms. The van der Waals surface area contributed by atoms with Crippen molar-refractivity contribution in [3.8, 4) is 0 Å². The minimum atomic E-state index is -0.831. The first-order valence-corrected chi connectivity index (χ1v) is 8.74. The van der Waals surface area contributed by atoms with Crippen molar-refractivity contribution in [1.29, 1.82) is 0 Å². The predicted molar refractivity (Wildman–Crippen MR) is 101 cm³/mol. The summed E-state index contributed by atoms with van der Waals surface area (Å²) in [5, 5.41) is 10.6. The molecule has 1 aliphatic rings. The lowest BCUT2D eigenvalue weighted by atomic mass is 10.1. The number of benzene rings is 2. The van der Waals surface area contributed by atoms with Crippen LogP contribution in [0, 0.1) is 5.92 Å². The Kier molecular flexibility index (Phi) is 3.96. The van der Waals surface area contributed by atoms with Crippen molar-refractivity contribution >= 4 is 40.1 Å². The number of hydrogen-bond acceptors (Lipinski definition) is 2. The molecule has 4 rings (SSSR count). The zero-order chi connectivity index (χ0) is 18.4. The molecule has 6 heteroatoms. The Labute approximate surface area is 155 Å². The van der Waals surface area contributed by atoms with Crippen LogP contribution in [0.1, 0.15) is 22.8 Å². The minimum Gasteiger partial charge on any atom is -0.481 e. The van der Waals surface area contributed by atoms with Gasteiger partial charge in [-0.25, -0.2) is 0 Å². The summed E-state index contributed by atoms with van der Waals surface area (Å²) in [6.07, 6.45) is 1.88. The molecule has 1 unspecified atom stereocenters. The Morgan fingerprint density at radius 1 is 1.27 bits per heavy atom. The third-order valence-corrected chi connectivity index (χ3v) is 5.16. The highest BCUT2D eigenvalue weighted by Crippen LogP contribution is 2.34. The summed E-state index contributed by atoms with van der Waals surface area (Å²) in [6.45, 7) is 2.54. The number of carbonyl (C=O) groups is 2. The number of nitrogens with zero attached hydrogens (tertiary/aromatic N) is 2. The van der Waals surface area contributed by atoms with Gasteiger partial charge in [0.15, 0.2) is 0 Å². The Morgan fingerprint density at radius 3 is 2.81 bits per heavy atom. The number of amides is 1. The van der Waals surface area contributed by atoms with Crippen LogP contribution in [0.25, 0.3) is 10.9 Å². The second-order valence-corrected chi connectivity index (χ2v) is 7.02. The molecular weight excluding hydrogens is 352 g/mol. The fourth-order valence-corrected chi connectivity index (χ4v) is 3.67. The standard InChI is InChI=1S/C20H17ClN2O3/c1-12(20(25)26)10-22-8-7-13-5-6-15(9-17(13)22)23-11-14-3-2-4-16(21)18(14)19(23)24/h2-9,12H,10-11H2,1H3,(H,25,26). The molecule has 1 atom stereocenters. The Morgan fingerprint density at radius 2 is 2.08 bits per heavy atom. The summed E-state index contributed by atoms with van der Waals surface area (Å²) in [4.78, 5) is 25.7. The maximum absolute atomic E-state index is 12.8. The van der Waals surface area contributed by atoms with Crippen molar-refractivity contribution in [3.63, 3.8) is 0 Å². The smallest absolute Gasteiger partial charge is 0.308 e. The molecule has 1 amide bonds. The number of halogens is 1. The molecule has 0 saturated heterocycles. The topological polar surface area (TPSA) is 62.5 Å². The van der Waals surface area contributed by atoms with Gasteiger partial charge < -0.3 is 14.6 Å². The van der Waals surface area contributed by atoms with Gasteiger partial charge in [-0.2, -0.15) is 0 Å². The molecule has 1 aromatic heterocycles. The van der Waals surface area contributed by atoms with E-state index >= 15 is 0 Å². The maximum Gasteiger partial charge on any atom is 0.308 e. The van der Waals surface area contributed by atoms with Crippen LogP contribution in [0.5, 0.6) is 0 Å². The van der Waals surface area contributed by atoms with Gasteiger partial charge in [0.05, 0.1) is 28.6 Å². The molecule has 2 aromatic carbocycles. The summed E-state index contributed by atoms with van der Waals surface area (Å²) in [6, 6.07) is 13.2. The number of anilines is 1. The molecule has 0 aliphatic carbocycles. The van der Waals surface area contributed by atoms with Crippen LogP contribution in [-0.2, 0) is 17.9 Å². The van der Waals surface area contributed by atoms with Crippen LogP contribution in [-0.4, -0.2) is 21.6 Å². The van der Waals surface area contributed by atoms with Gasteiger partial charge in [-0.1, -0.05) is 36.7 Å². The van der Waals surface area contributed by atoms with Crippen LogP contribution < -0.4 is 4.90 Å². The van der Waals surface area contributed by atoms with Crippen LogP contribution in [0.3, 0.4) is 0 Å². The number of carbonyl (C=O) groups excluding carboxylic acids is 1. The summed E-state index contributed by atoms with van der Waals surface area (Å²) in [5.74, 6) is -1.43. The molecule has 0 fully saturated rings. The van der Waals surface area contributed by atoms with E-state index in [9.17, 15) is 9.59 Å². The van der Waals surface area contributed by atoms with Crippen LogP contribution >= 0.6 is 11.6 Å². The number of aromatic nitrogens is 1. The van der Waals surface area contributed by atoms with Gasteiger partial charge >= 0.3 is 5.97 Å². The zero-order valence-corrected chi connectivity index (χ0v) is 14.9. The van der Waals surface area contributed by atoms with Gasteiger partial charge in [-0.05, 0) is 35.2 Å². The van der Waals surface area contributed by atoms with Gasteiger partial charge in [0.25, 0.3) is 5.91 Å². The average molecular weight is 369 g/mol. The second-order valence-electron chi connectivity index (χ2n) is 6.62. The Hall–Kier alpha value is -2.79. The quantitative estimate of drug-likeness (QED) is 0.751. The number of rotatable bonds is 4. The van der Waals surface area contributed by atoms with Gasteiger partial charge in [0.1, 0.15) is 0 Å². The summed E-state index contributed by atoms with van der Waals surface area (Å²) < 4.78 is 1.91. The van der Waals surface area contributed by atoms with Crippen molar-refractivity contribution < 1.29 is 14.7 Å². The molecule has 0 bridgehead atoms. The third-order valence-electron chi connectivity index (χ3n) is 4.85. The monoisotopic (exact) mass is 368 g/mol.